The fraction of sp³-hybridized carbons (Fsp3) is 0.444. The van der Waals surface area contributed by atoms with E-state index in [1.807, 2.05) is 0 Å². The van der Waals surface area contributed by atoms with Crippen molar-refractivity contribution < 1.29 is 24.2 Å². The van der Waals surface area contributed by atoms with Gasteiger partial charge in [0.25, 0.3) is 5.91 Å². The van der Waals surface area contributed by atoms with Crippen LogP contribution in [0, 0.1) is 13.8 Å². The van der Waals surface area contributed by atoms with E-state index in [2.05, 4.69) is 10.3 Å². The van der Waals surface area contributed by atoms with Crippen molar-refractivity contribution in [2.75, 3.05) is 6.54 Å². The molecule has 0 aliphatic heterocycles. The fourth-order valence-corrected chi connectivity index (χ4v) is 1.10. The predicted molar refractivity (Wildman–Crippen MR) is 52.0 cm³/mol. The number of nitrogens with zero attached hydrogens (tertiary/aromatic N) is 1. The number of carboxylic acids is 1. The second-order valence-corrected chi connectivity index (χ2v) is 3.21. The molecule has 1 amide bonds. The summed E-state index contributed by atoms with van der Waals surface area (Å²) < 4.78 is 5.02. The van der Waals surface area contributed by atoms with Crippen molar-refractivity contribution in [1.82, 2.24) is 10.3 Å². The Hall–Kier alpha value is -1.89. The fourth-order valence-electron chi connectivity index (χ4n) is 1.10. The average molecular weight is 228 g/mol. The normalized spacial score (nSPS) is 12.2. The van der Waals surface area contributed by atoms with Gasteiger partial charge in [-0.2, -0.15) is 0 Å². The molecule has 0 fully saturated rings. The Labute approximate surface area is 91.1 Å². The Morgan fingerprint density at radius 1 is 1.50 bits per heavy atom. The van der Waals surface area contributed by atoms with Crippen LogP contribution in [0.4, 0.5) is 0 Å². The van der Waals surface area contributed by atoms with Gasteiger partial charge in [0, 0.05) is 6.92 Å². The van der Waals surface area contributed by atoms with Gasteiger partial charge in [-0.05, 0) is 6.92 Å². The lowest BCUT2D eigenvalue weighted by molar-refractivity contribution is -0.146. The molecule has 0 aliphatic carbocycles. The Balaban J connectivity index is 2.60. The molecule has 0 aromatic carbocycles. The number of aliphatic hydroxyl groups excluding tert-OH is 1. The van der Waals surface area contributed by atoms with Crippen molar-refractivity contribution in [3.8, 4) is 0 Å². The van der Waals surface area contributed by atoms with Crippen molar-refractivity contribution in [2.24, 2.45) is 0 Å². The van der Waals surface area contributed by atoms with Crippen LogP contribution in [-0.4, -0.2) is 39.7 Å². The Kier molecular flexibility index (Phi) is 3.62. The number of aliphatic hydroxyl groups is 1. The molecule has 1 unspecified atom stereocenters. The number of hydrogen-bond donors (Lipinski definition) is 3. The van der Waals surface area contributed by atoms with Crippen LogP contribution in [-0.2, 0) is 4.79 Å². The molecule has 1 aromatic rings. The molecule has 88 valence electrons. The van der Waals surface area contributed by atoms with Crippen LogP contribution >= 0.6 is 0 Å². The predicted octanol–water partition coefficient (Wildman–Crippen LogP) is -0.533. The highest BCUT2D eigenvalue weighted by molar-refractivity contribution is 5.92. The molecule has 0 saturated carbocycles. The molecule has 1 rings (SSSR count). The van der Waals surface area contributed by atoms with E-state index in [9.17, 15) is 9.59 Å². The van der Waals surface area contributed by atoms with E-state index in [-0.39, 0.29) is 12.3 Å². The Bertz CT molecular complexity index is 412. The van der Waals surface area contributed by atoms with E-state index in [0.717, 1.165) is 0 Å². The Morgan fingerprint density at radius 2 is 2.12 bits per heavy atom. The first-order chi connectivity index (χ1) is 7.41. The summed E-state index contributed by atoms with van der Waals surface area (Å²) in [5, 5.41) is 19.6. The average Bonchev–Trinajstić information content (AvgIpc) is 2.53. The zero-order chi connectivity index (χ0) is 12.3. The number of aliphatic carboxylic acids is 1. The molecule has 0 aliphatic rings. The maximum absolute atomic E-state index is 11.5. The highest BCUT2D eigenvalue weighted by atomic mass is 16.4. The lowest BCUT2D eigenvalue weighted by atomic mass is 10.3. The first-order valence-corrected chi connectivity index (χ1v) is 4.55. The van der Waals surface area contributed by atoms with E-state index in [1.165, 1.54) is 0 Å². The summed E-state index contributed by atoms with van der Waals surface area (Å²) in [7, 11) is 0. The zero-order valence-corrected chi connectivity index (χ0v) is 8.85. The molecule has 1 heterocycles. The molecule has 0 spiro atoms. The van der Waals surface area contributed by atoms with Gasteiger partial charge in [-0.15, -0.1) is 0 Å². The summed E-state index contributed by atoms with van der Waals surface area (Å²) in [6.07, 6.45) is -1.63. The molecular formula is C9H12N2O5. The van der Waals surface area contributed by atoms with E-state index in [0.29, 0.717) is 11.6 Å². The van der Waals surface area contributed by atoms with Gasteiger partial charge in [-0.1, -0.05) is 0 Å². The smallest absolute Gasteiger partial charge is 0.334 e. The number of oxazole rings is 1. The molecule has 0 bridgehead atoms. The van der Waals surface area contributed by atoms with Crippen LogP contribution < -0.4 is 5.32 Å². The molecule has 3 N–H and O–H groups in total. The Morgan fingerprint density at radius 3 is 2.56 bits per heavy atom. The molecule has 7 nitrogen and oxygen atoms in total. The van der Waals surface area contributed by atoms with Gasteiger partial charge >= 0.3 is 5.97 Å². The number of aromatic nitrogens is 1. The minimum absolute atomic E-state index is 0.0232. The van der Waals surface area contributed by atoms with Gasteiger partial charge in [0.2, 0.25) is 5.76 Å². The summed E-state index contributed by atoms with van der Waals surface area (Å²) in [5.74, 6) is -1.62. The van der Waals surface area contributed by atoms with Gasteiger partial charge in [0.1, 0.15) is 0 Å². The van der Waals surface area contributed by atoms with E-state index in [1.54, 1.807) is 13.8 Å². The van der Waals surface area contributed by atoms with Gasteiger partial charge < -0.3 is 19.9 Å². The molecule has 1 atom stereocenters. The van der Waals surface area contributed by atoms with Crippen molar-refractivity contribution in [3.05, 3.63) is 17.3 Å². The number of rotatable bonds is 4. The standard InChI is InChI=1S/C9H12N2O5/c1-4-7(16-5(2)11-4)8(13)10-3-6(12)9(14)15/h6,12H,3H2,1-2H3,(H,10,13)(H,14,15). The highest BCUT2D eigenvalue weighted by Gasteiger charge is 2.19. The number of hydrogen-bond acceptors (Lipinski definition) is 5. The van der Waals surface area contributed by atoms with Crippen molar-refractivity contribution in [2.45, 2.75) is 20.0 Å². The van der Waals surface area contributed by atoms with Crippen LogP contribution in [0.3, 0.4) is 0 Å². The molecule has 7 heteroatoms. The van der Waals surface area contributed by atoms with Gasteiger partial charge in [0.15, 0.2) is 12.0 Å². The lowest BCUT2D eigenvalue weighted by Gasteiger charge is -2.06. The monoisotopic (exact) mass is 228 g/mol. The summed E-state index contributed by atoms with van der Waals surface area (Å²) in [5.41, 5.74) is 0.416. The first-order valence-electron chi connectivity index (χ1n) is 4.55. The molecule has 0 radical (unpaired) electrons. The van der Waals surface area contributed by atoms with Crippen LogP contribution in [0.25, 0.3) is 0 Å². The molecule has 1 aromatic heterocycles. The summed E-state index contributed by atoms with van der Waals surface area (Å²) in [6, 6.07) is 0. The topological polar surface area (TPSA) is 113 Å². The van der Waals surface area contributed by atoms with Crippen LogP contribution in [0.1, 0.15) is 22.1 Å². The molecule has 16 heavy (non-hydrogen) atoms. The van der Waals surface area contributed by atoms with Crippen molar-refractivity contribution >= 4 is 11.9 Å². The van der Waals surface area contributed by atoms with Crippen LogP contribution in [0.5, 0.6) is 0 Å². The van der Waals surface area contributed by atoms with Crippen molar-refractivity contribution in [3.63, 3.8) is 0 Å². The van der Waals surface area contributed by atoms with E-state index >= 15 is 0 Å². The second-order valence-electron chi connectivity index (χ2n) is 3.21. The number of carboxylic acid groups (broad SMARTS) is 1. The highest BCUT2D eigenvalue weighted by Crippen LogP contribution is 2.08. The van der Waals surface area contributed by atoms with Gasteiger partial charge in [-0.3, -0.25) is 4.79 Å². The van der Waals surface area contributed by atoms with Crippen molar-refractivity contribution in [1.29, 1.82) is 0 Å². The van der Waals surface area contributed by atoms with Crippen LogP contribution in [0.15, 0.2) is 4.42 Å². The van der Waals surface area contributed by atoms with Crippen LogP contribution in [0.2, 0.25) is 0 Å². The number of carbonyl (C=O) groups is 2. The SMILES string of the molecule is Cc1nc(C)c(C(=O)NCC(O)C(=O)O)o1. The van der Waals surface area contributed by atoms with Gasteiger partial charge in [-0.25, -0.2) is 9.78 Å². The lowest BCUT2D eigenvalue weighted by Crippen LogP contribution is -2.36. The summed E-state index contributed by atoms with van der Waals surface area (Å²) in [6.45, 7) is 2.81. The van der Waals surface area contributed by atoms with E-state index < -0.39 is 18.0 Å². The summed E-state index contributed by atoms with van der Waals surface area (Å²) >= 11 is 0. The number of aryl methyl sites for hydroxylation is 2. The maximum Gasteiger partial charge on any atom is 0.334 e. The molecule has 0 saturated heterocycles. The third-order valence-corrected chi connectivity index (χ3v) is 1.85. The maximum atomic E-state index is 11.5. The third kappa shape index (κ3) is 2.80. The summed E-state index contributed by atoms with van der Waals surface area (Å²) in [4.78, 5) is 25.6. The number of carbonyl (C=O) groups excluding carboxylic acids is 1. The first kappa shape index (κ1) is 12.2. The second kappa shape index (κ2) is 4.75. The largest absolute Gasteiger partial charge is 0.479 e. The molecular weight excluding hydrogens is 216 g/mol. The third-order valence-electron chi connectivity index (χ3n) is 1.85. The van der Waals surface area contributed by atoms with E-state index in [4.69, 9.17) is 14.6 Å². The minimum Gasteiger partial charge on any atom is -0.479 e. The number of amides is 1. The number of nitrogens with one attached hydrogen (secondary N) is 1. The van der Waals surface area contributed by atoms with Gasteiger partial charge in [0.05, 0.1) is 12.2 Å². The quantitative estimate of drug-likeness (QED) is 0.638. The zero-order valence-electron chi connectivity index (χ0n) is 8.85. The minimum atomic E-state index is -1.63.